The van der Waals surface area contributed by atoms with Gasteiger partial charge in [-0.25, -0.2) is 4.39 Å². The standard InChI is InChI=1S/C22H18ClFN2O3S/c1-2-29-22(28)19-18(15-5-3-4-6-17(15)24)16(11-25)21(26-20(19)27)30-12-13-7-9-14(23)10-8-13/h3-10,18-19H,2,12H2,1H3,(H,26,27)/t18-,19-/m1/s1. The molecule has 0 saturated heterocycles. The highest BCUT2D eigenvalue weighted by Crippen LogP contribution is 2.41. The molecule has 3 rings (SSSR count). The molecule has 30 heavy (non-hydrogen) atoms. The van der Waals surface area contributed by atoms with Gasteiger partial charge in [-0.15, -0.1) is 11.8 Å². The second-order valence-corrected chi connectivity index (χ2v) is 7.91. The molecule has 1 amide bonds. The van der Waals surface area contributed by atoms with Crippen molar-refractivity contribution in [2.24, 2.45) is 5.92 Å². The summed E-state index contributed by atoms with van der Waals surface area (Å²) in [6.07, 6.45) is 0. The first kappa shape index (κ1) is 21.9. The number of hydrogen-bond donors (Lipinski definition) is 1. The number of halogens is 2. The van der Waals surface area contributed by atoms with E-state index in [9.17, 15) is 19.2 Å². The van der Waals surface area contributed by atoms with Crippen molar-refractivity contribution in [1.29, 1.82) is 5.26 Å². The number of benzene rings is 2. The lowest BCUT2D eigenvalue weighted by Gasteiger charge is -2.31. The molecule has 0 aromatic heterocycles. The van der Waals surface area contributed by atoms with Crippen LogP contribution in [0.2, 0.25) is 5.02 Å². The molecule has 2 aromatic carbocycles. The second-order valence-electron chi connectivity index (χ2n) is 6.49. The number of carbonyl (C=O) groups is 2. The van der Waals surface area contributed by atoms with Crippen molar-refractivity contribution in [2.45, 2.75) is 18.6 Å². The molecule has 0 unspecified atom stereocenters. The minimum Gasteiger partial charge on any atom is -0.465 e. The first-order valence-corrected chi connectivity index (χ1v) is 10.6. The van der Waals surface area contributed by atoms with E-state index in [1.807, 2.05) is 12.1 Å². The minimum absolute atomic E-state index is 0.0659. The number of nitrogens with one attached hydrogen (secondary N) is 1. The van der Waals surface area contributed by atoms with Crippen LogP contribution in [-0.4, -0.2) is 18.5 Å². The monoisotopic (exact) mass is 444 g/mol. The number of allylic oxidation sites excluding steroid dienone is 1. The summed E-state index contributed by atoms with van der Waals surface area (Å²) in [5.41, 5.74) is 1.15. The third kappa shape index (κ3) is 4.66. The molecule has 8 heteroatoms. The lowest BCUT2D eigenvalue weighted by molar-refractivity contribution is -0.152. The maximum Gasteiger partial charge on any atom is 0.319 e. The largest absolute Gasteiger partial charge is 0.465 e. The van der Waals surface area contributed by atoms with Crippen molar-refractivity contribution in [3.8, 4) is 6.07 Å². The van der Waals surface area contributed by atoms with E-state index in [1.165, 1.54) is 30.0 Å². The van der Waals surface area contributed by atoms with Crippen molar-refractivity contribution in [3.05, 3.63) is 81.1 Å². The molecule has 0 spiro atoms. The number of amides is 1. The summed E-state index contributed by atoms with van der Waals surface area (Å²) < 4.78 is 19.7. The minimum atomic E-state index is -1.35. The van der Waals surface area contributed by atoms with E-state index in [2.05, 4.69) is 11.4 Å². The number of ether oxygens (including phenoxy) is 1. The van der Waals surface area contributed by atoms with Gasteiger partial charge in [0, 0.05) is 16.7 Å². The lowest BCUT2D eigenvalue weighted by Crippen LogP contribution is -2.44. The van der Waals surface area contributed by atoms with Gasteiger partial charge in [0.1, 0.15) is 11.7 Å². The molecule has 1 aliphatic heterocycles. The van der Waals surface area contributed by atoms with E-state index in [4.69, 9.17) is 16.3 Å². The SMILES string of the molecule is CCOC(=O)[C@H]1C(=O)NC(SCc2ccc(Cl)cc2)=C(C#N)[C@H]1c1ccccc1F. The molecule has 0 saturated carbocycles. The van der Waals surface area contributed by atoms with E-state index in [1.54, 1.807) is 25.1 Å². The van der Waals surface area contributed by atoms with Crippen LogP contribution in [0.4, 0.5) is 4.39 Å². The Morgan fingerprint density at radius 3 is 2.60 bits per heavy atom. The normalized spacial score (nSPS) is 18.5. The Labute approximate surface area is 182 Å². The highest BCUT2D eigenvalue weighted by molar-refractivity contribution is 8.02. The summed E-state index contributed by atoms with van der Waals surface area (Å²) >= 11 is 7.13. The molecule has 1 N–H and O–H groups in total. The van der Waals surface area contributed by atoms with Gasteiger partial charge in [0.2, 0.25) is 5.91 Å². The van der Waals surface area contributed by atoms with Crippen LogP contribution in [0.15, 0.2) is 59.1 Å². The molecule has 154 valence electrons. The molecule has 0 bridgehead atoms. The van der Waals surface area contributed by atoms with Gasteiger partial charge in [-0.3, -0.25) is 9.59 Å². The number of nitrogens with zero attached hydrogens (tertiary/aromatic N) is 1. The molecule has 2 atom stereocenters. The fourth-order valence-electron chi connectivity index (χ4n) is 3.22. The van der Waals surface area contributed by atoms with E-state index in [0.29, 0.717) is 15.8 Å². The zero-order valence-electron chi connectivity index (χ0n) is 16.0. The molecular formula is C22H18ClFN2O3S. The van der Waals surface area contributed by atoms with Gasteiger partial charge < -0.3 is 10.1 Å². The summed E-state index contributed by atoms with van der Waals surface area (Å²) in [5, 5.41) is 13.4. The van der Waals surface area contributed by atoms with Crippen LogP contribution in [0.1, 0.15) is 24.0 Å². The highest BCUT2D eigenvalue weighted by atomic mass is 35.5. The van der Waals surface area contributed by atoms with E-state index in [-0.39, 0.29) is 17.7 Å². The highest BCUT2D eigenvalue weighted by Gasteiger charge is 2.45. The predicted octanol–water partition coefficient (Wildman–Crippen LogP) is 4.54. The van der Waals surface area contributed by atoms with Crippen LogP contribution in [0.3, 0.4) is 0 Å². The Morgan fingerprint density at radius 2 is 1.97 bits per heavy atom. The first-order valence-electron chi connectivity index (χ1n) is 9.19. The van der Waals surface area contributed by atoms with E-state index < -0.39 is 29.5 Å². The Balaban J connectivity index is 2.03. The second kappa shape index (κ2) is 9.79. The topological polar surface area (TPSA) is 79.2 Å². The van der Waals surface area contributed by atoms with E-state index in [0.717, 1.165) is 5.56 Å². The van der Waals surface area contributed by atoms with Crippen molar-refractivity contribution in [1.82, 2.24) is 5.32 Å². The zero-order chi connectivity index (χ0) is 21.7. The van der Waals surface area contributed by atoms with Gasteiger partial charge in [0.15, 0.2) is 0 Å². The van der Waals surface area contributed by atoms with Crippen LogP contribution in [0.5, 0.6) is 0 Å². The molecule has 1 heterocycles. The number of hydrogen-bond acceptors (Lipinski definition) is 5. The van der Waals surface area contributed by atoms with Crippen molar-refractivity contribution in [3.63, 3.8) is 0 Å². The fourth-order valence-corrected chi connectivity index (χ4v) is 4.35. The molecular weight excluding hydrogens is 427 g/mol. The van der Waals surface area contributed by atoms with Crippen LogP contribution in [-0.2, 0) is 20.1 Å². The summed E-state index contributed by atoms with van der Waals surface area (Å²) in [4.78, 5) is 25.4. The molecule has 0 fully saturated rings. The average molecular weight is 445 g/mol. The molecule has 1 aliphatic rings. The van der Waals surface area contributed by atoms with Crippen LogP contribution in [0.25, 0.3) is 0 Å². The van der Waals surface area contributed by atoms with Crippen LogP contribution < -0.4 is 5.32 Å². The number of nitriles is 1. The van der Waals surface area contributed by atoms with Gasteiger partial charge in [-0.05, 0) is 36.2 Å². The van der Waals surface area contributed by atoms with Gasteiger partial charge in [-0.2, -0.15) is 5.26 Å². The lowest BCUT2D eigenvalue weighted by atomic mass is 9.78. The Kier molecular flexibility index (Phi) is 7.14. The maximum absolute atomic E-state index is 14.6. The summed E-state index contributed by atoms with van der Waals surface area (Å²) in [5.74, 6) is -3.99. The number of esters is 1. The van der Waals surface area contributed by atoms with Crippen LogP contribution >= 0.6 is 23.4 Å². The smallest absolute Gasteiger partial charge is 0.319 e. The van der Waals surface area contributed by atoms with Gasteiger partial charge in [0.25, 0.3) is 0 Å². The predicted molar refractivity (Wildman–Crippen MR) is 113 cm³/mol. The molecule has 0 radical (unpaired) electrons. The fraction of sp³-hybridized carbons (Fsp3) is 0.227. The van der Waals surface area contributed by atoms with E-state index >= 15 is 0 Å². The Hall–Kier alpha value is -2.82. The van der Waals surface area contributed by atoms with Crippen LogP contribution in [0, 0.1) is 23.1 Å². The third-order valence-corrected chi connectivity index (χ3v) is 5.95. The number of carbonyl (C=O) groups excluding carboxylic acids is 2. The van der Waals surface area contributed by atoms with Crippen molar-refractivity contribution < 1.29 is 18.7 Å². The summed E-state index contributed by atoms with van der Waals surface area (Å²) in [7, 11) is 0. The molecule has 0 aliphatic carbocycles. The zero-order valence-corrected chi connectivity index (χ0v) is 17.6. The summed E-state index contributed by atoms with van der Waals surface area (Å²) in [6, 6.07) is 15.1. The third-order valence-electron chi connectivity index (χ3n) is 4.61. The molecule has 5 nitrogen and oxygen atoms in total. The maximum atomic E-state index is 14.6. The summed E-state index contributed by atoms with van der Waals surface area (Å²) in [6.45, 7) is 1.68. The number of thioether (sulfide) groups is 1. The van der Waals surface area contributed by atoms with Gasteiger partial charge in [0.05, 0.1) is 23.3 Å². The van der Waals surface area contributed by atoms with Gasteiger partial charge in [-0.1, -0.05) is 41.9 Å². The number of rotatable bonds is 6. The molecule has 2 aromatic rings. The quantitative estimate of drug-likeness (QED) is 0.522. The van der Waals surface area contributed by atoms with Crippen molar-refractivity contribution in [2.75, 3.05) is 6.61 Å². The van der Waals surface area contributed by atoms with Gasteiger partial charge >= 0.3 is 5.97 Å². The Bertz CT molecular complexity index is 1030. The average Bonchev–Trinajstić information content (AvgIpc) is 2.73. The van der Waals surface area contributed by atoms with Crippen molar-refractivity contribution >= 4 is 35.2 Å². The first-order chi connectivity index (χ1) is 14.5. The Morgan fingerprint density at radius 1 is 1.27 bits per heavy atom.